The molecule has 1 atom stereocenters. The van der Waals surface area contributed by atoms with Crippen LogP contribution in [0.4, 0.5) is 13.2 Å². The smallest absolute Gasteiger partial charge is 0.416 e. The van der Waals surface area contributed by atoms with Gasteiger partial charge in [-0.05, 0) is 43.2 Å². The number of hydrogen-bond acceptors (Lipinski definition) is 9. The zero-order chi connectivity index (χ0) is 30.6. The molecule has 0 saturated carbocycles. The van der Waals surface area contributed by atoms with E-state index in [-0.39, 0.29) is 29.9 Å². The van der Waals surface area contributed by atoms with E-state index in [2.05, 4.69) is 20.2 Å². The number of ether oxygens (including phenoxy) is 2. The molecular weight excluding hydrogens is 631 g/mol. The lowest BCUT2D eigenvalue weighted by atomic mass is 10.1. The van der Waals surface area contributed by atoms with Crippen molar-refractivity contribution in [1.82, 2.24) is 24.5 Å². The highest BCUT2D eigenvalue weighted by Gasteiger charge is 2.40. The molecule has 0 unspecified atom stereocenters. The molecule has 2 saturated heterocycles. The van der Waals surface area contributed by atoms with Gasteiger partial charge in [-0.3, -0.25) is 9.69 Å². The molecule has 2 aliphatic rings. The van der Waals surface area contributed by atoms with Gasteiger partial charge < -0.3 is 14.8 Å². The van der Waals surface area contributed by atoms with Crippen molar-refractivity contribution < 1.29 is 35.9 Å². The summed E-state index contributed by atoms with van der Waals surface area (Å²) in [5.74, 6) is -0.492. The first kappa shape index (κ1) is 31.6. The van der Waals surface area contributed by atoms with Gasteiger partial charge in [0.05, 0.1) is 41.0 Å². The topological polar surface area (TPSA) is 114 Å². The number of thiophene rings is 1. The number of alkyl halides is 3. The van der Waals surface area contributed by atoms with Crippen LogP contribution in [0.15, 0.2) is 46.7 Å². The number of sulfonamides is 1. The van der Waals surface area contributed by atoms with Crippen molar-refractivity contribution in [2.75, 3.05) is 46.0 Å². The van der Waals surface area contributed by atoms with Gasteiger partial charge in [0, 0.05) is 31.7 Å². The van der Waals surface area contributed by atoms with Crippen molar-refractivity contribution in [3.63, 3.8) is 0 Å². The lowest BCUT2D eigenvalue weighted by Gasteiger charge is -2.26. The van der Waals surface area contributed by atoms with E-state index in [1.807, 2.05) is 0 Å². The van der Waals surface area contributed by atoms with Crippen molar-refractivity contribution in [3.8, 4) is 17.3 Å². The van der Waals surface area contributed by atoms with Crippen LogP contribution in [0.1, 0.15) is 24.1 Å². The molecule has 0 radical (unpaired) electrons. The molecular formula is C27H29ClF3N5O5S2. The summed E-state index contributed by atoms with van der Waals surface area (Å²) in [4.78, 5) is 24.2. The number of amides is 1. The lowest BCUT2D eigenvalue weighted by Crippen LogP contribution is -2.45. The normalized spacial score (nSPS) is 18.6. The predicted octanol–water partition coefficient (Wildman–Crippen LogP) is 4.06. The Morgan fingerprint density at radius 2 is 1.86 bits per heavy atom. The van der Waals surface area contributed by atoms with E-state index in [1.165, 1.54) is 28.6 Å². The van der Waals surface area contributed by atoms with Crippen LogP contribution >= 0.6 is 22.9 Å². The maximum absolute atomic E-state index is 13.2. The summed E-state index contributed by atoms with van der Waals surface area (Å²) < 4.78 is 78.4. The van der Waals surface area contributed by atoms with Crippen LogP contribution in [0.3, 0.4) is 0 Å². The fraction of sp³-hybridized carbons (Fsp3) is 0.444. The Kier molecular flexibility index (Phi) is 9.88. The summed E-state index contributed by atoms with van der Waals surface area (Å²) in [7, 11) is -3.91. The molecule has 43 heavy (non-hydrogen) atoms. The number of rotatable bonds is 10. The van der Waals surface area contributed by atoms with Crippen LogP contribution in [0.2, 0.25) is 4.34 Å². The number of hydrogen-bond donors (Lipinski definition) is 1. The fourth-order valence-corrected chi connectivity index (χ4v) is 8.10. The number of halogens is 4. The molecule has 4 heterocycles. The Balaban J connectivity index is 1.31. The number of morpholine rings is 1. The standard InChI is InChI=1S/C27H29ClF3N5O5S2/c28-23-7-8-24(42-23)43(38,39)36-9-1-2-22(36)25(37)32-17-20-16-21(18-3-5-19(6-4-18)27(29,30)31)34-26(33-20)41-15-12-35-10-13-40-14-11-35/h3-8,16,22H,1-2,9-15,17H2,(H,32,37)/t22-/m0/s1. The minimum absolute atomic E-state index is 0.00884. The third-order valence-corrected chi connectivity index (χ3v) is 10.7. The molecule has 0 spiro atoms. The van der Waals surface area contributed by atoms with Crippen LogP contribution in [0.25, 0.3) is 11.3 Å². The van der Waals surface area contributed by atoms with Crippen molar-refractivity contribution in [3.05, 3.63) is 58.1 Å². The van der Waals surface area contributed by atoms with Gasteiger partial charge in [0.15, 0.2) is 0 Å². The monoisotopic (exact) mass is 659 g/mol. The first-order valence-electron chi connectivity index (χ1n) is 13.5. The second-order valence-electron chi connectivity index (χ2n) is 9.95. The highest BCUT2D eigenvalue weighted by molar-refractivity contribution is 7.91. The highest BCUT2D eigenvalue weighted by atomic mass is 35.5. The minimum atomic E-state index is -4.48. The molecule has 232 valence electrons. The summed E-state index contributed by atoms with van der Waals surface area (Å²) in [6, 6.07) is 8.11. The van der Waals surface area contributed by atoms with Gasteiger partial charge in [-0.15, -0.1) is 11.3 Å². The molecule has 3 aromatic rings. The van der Waals surface area contributed by atoms with Crippen molar-refractivity contribution in [1.29, 1.82) is 0 Å². The molecule has 1 amide bonds. The second-order valence-corrected chi connectivity index (χ2v) is 13.8. The quantitative estimate of drug-likeness (QED) is 0.347. The summed E-state index contributed by atoms with van der Waals surface area (Å²) in [6.07, 6.45) is -3.62. The molecule has 2 aliphatic heterocycles. The summed E-state index contributed by atoms with van der Waals surface area (Å²) >= 11 is 6.86. The van der Waals surface area contributed by atoms with Gasteiger partial charge in [-0.1, -0.05) is 23.7 Å². The molecule has 2 fully saturated rings. The van der Waals surface area contributed by atoms with Crippen molar-refractivity contribution in [2.45, 2.75) is 35.8 Å². The zero-order valence-electron chi connectivity index (χ0n) is 22.8. The average Bonchev–Trinajstić information content (AvgIpc) is 3.67. The first-order valence-corrected chi connectivity index (χ1v) is 16.2. The molecule has 0 aliphatic carbocycles. The molecule has 5 rings (SSSR count). The molecule has 2 aromatic heterocycles. The zero-order valence-corrected chi connectivity index (χ0v) is 25.2. The Morgan fingerprint density at radius 1 is 1.12 bits per heavy atom. The van der Waals surface area contributed by atoms with E-state index in [0.29, 0.717) is 53.9 Å². The maximum Gasteiger partial charge on any atom is 0.416 e. The first-order chi connectivity index (χ1) is 20.5. The van der Waals surface area contributed by atoms with E-state index < -0.39 is 33.7 Å². The SMILES string of the molecule is O=C(NCc1cc(-c2ccc(C(F)(F)F)cc2)nc(OCCN2CCOCC2)n1)[C@@H]1CCCN1S(=O)(=O)c1ccc(Cl)s1. The van der Waals surface area contributed by atoms with Crippen LogP contribution in [0, 0.1) is 0 Å². The Morgan fingerprint density at radius 3 is 2.53 bits per heavy atom. The second kappa shape index (κ2) is 13.4. The van der Waals surface area contributed by atoms with E-state index >= 15 is 0 Å². The van der Waals surface area contributed by atoms with Crippen molar-refractivity contribution >= 4 is 38.9 Å². The summed E-state index contributed by atoms with van der Waals surface area (Å²) in [6.45, 7) is 3.78. The molecule has 1 aromatic carbocycles. The Hall–Kier alpha value is -2.82. The highest BCUT2D eigenvalue weighted by Crippen LogP contribution is 2.33. The van der Waals surface area contributed by atoms with Gasteiger partial charge in [0.2, 0.25) is 5.91 Å². The minimum Gasteiger partial charge on any atom is -0.462 e. The largest absolute Gasteiger partial charge is 0.462 e. The van der Waals surface area contributed by atoms with Crippen molar-refractivity contribution in [2.24, 2.45) is 0 Å². The Bertz CT molecular complexity index is 1530. The number of carbonyl (C=O) groups is 1. The van der Waals surface area contributed by atoms with Gasteiger partial charge in [-0.2, -0.15) is 27.4 Å². The number of aromatic nitrogens is 2. The van der Waals surface area contributed by atoms with E-state index in [4.69, 9.17) is 21.1 Å². The average molecular weight is 660 g/mol. The van der Waals surface area contributed by atoms with Gasteiger partial charge in [-0.25, -0.2) is 8.42 Å². The third kappa shape index (κ3) is 7.83. The van der Waals surface area contributed by atoms with E-state index in [0.717, 1.165) is 36.6 Å². The van der Waals surface area contributed by atoms with Crippen LogP contribution < -0.4 is 10.1 Å². The number of carbonyl (C=O) groups excluding carboxylic acids is 1. The molecule has 1 N–H and O–H groups in total. The van der Waals surface area contributed by atoms with Gasteiger partial charge in [0.1, 0.15) is 16.9 Å². The van der Waals surface area contributed by atoms with Crippen LogP contribution in [-0.2, 0) is 32.3 Å². The van der Waals surface area contributed by atoms with Gasteiger partial charge >= 0.3 is 12.2 Å². The maximum atomic E-state index is 13.2. The number of benzene rings is 1. The number of nitrogens with one attached hydrogen (secondary N) is 1. The fourth-order valence-electron chi connectivity index (χ4n) is 4.83. The van der Waals surface area contributed by atoms with Gasteiger partial charge in [0.25, 0.3) is 10.0 Å². The molecule has 10 nitrogen and oxygen atoms in total. The summed E-state index contributed by atoms with van der Waals surface area (Å²) in [5, 5.41) is 2.76. The molecule has 16 heteroatoms. The van der Waals surface area contributed by atoms with E-state index in [9.17, 15) is 26.4 Å². The number of nitrogens with zero attached hydrogens (tertiary/aromatic N) is 4. The van der Waals surface area contributed by atoms with Crippen LogP contribution in [-0.4, -0.2) is 85.5 Å². The summed E-state index contributed by atoms with van der Waals surface area (Å²) in [5.41, 5.74) is 0.274. The van der Waals surface area contributed by atoms with Crippen LogP contribution in [0.5, 0.6) is 6.01 Å². The Labute approximate surface area is 255 Å². The lowest BCUT2D eigenvalue weighted by molar-refractivity contribution is -0.137. The molecule has 0 bridgehead atoms. The third-order valence-electron chi connectivity index (χ3n) is 7.07. The predicted molar refractivity (Wildman–Crippen MR) is 153 cm³/mol. The van der Waals surface area contributed by atoms with E-state index in [1.54, 1.807) is 6.07 Å².